The minimum Gasteiger partial charge on any atom is -0.508 e. The zero-order valence-corrected chi connectivity index (χ0v) is 91.8. The Morgan fingerprint density at radius 3 is 0.986 bits per heavy atom. The number of nitrogens with two attached hydrogens (primary N) is 1. The van der Waals surface area contributed by atoms with Crippen LogP contribution in [-0.2, 0) is 98.8 Å². The number of nitrogens with zero attached hydrogens (tertiary/aromatic N) is 3. The van der Waals surface area contributed by atoms with E-state index in [1.54, 1.807) is 62.6 Å². The zero-order chi connectivity index (χ0) is 106. The molecule has 6 N–H and O–H groups in total. The van der Waals surface area contributed by atoms with Crippen molar-refractivity contribution in [1.29, 1.82) is 0 Å². The van der Waals surface area contributed by atoms with Gasteiger partial charge in [-0.1, -0.05) is 365 Å². The number of tetrazole rings is 1. The van der Waals surface area contributed by atoms with E-state index in [0.717, 1.165) is 115 Å². The number of H-pyrrole nitrogens is 1. The molecular formula is C128H175N5O10. The van der Waals surface area contributed by atoms with Crippen LogP contribution in [-0.4, -0.2) is 80.2 Å². The van der Waals surface area contributed by atoms with Gasteiger partial charge in [-0.05, 0) is 313 Å². The molecule has 143 heavy (non-hydrogen) atoms. The van der Waals surface area contributed by atoms with E-state index >= 15 is 0 Å². The quantitative estimate of drug-likeness (QED) is 0.0141. The van der Waals surface area contributed by atoms with Crippen LogP contribution in [0.5, 0.6) is 17.2 Å². The van der Waals surface area contributed by atoms with E-state index in [0.29, 0.717) is 89.5 Å². The van der Waals surface area contributed by atoms with E-state index in [2.05, 4.69) is 304 Å². The van der Waals surface area contributed by atoms with Crippen LogP contribution in [0.15, 0.2) is 267 Å². The monoisotopic (exact) mass is 1940 g/mol. The van der Waals surface area contributed by atoms with E-state index in [1.807, 2.05) is 118 Å². The number of amides is 1. The van der Waals surface area contributed by atoms with Gasteiger partial charge >= 0.3 is 5.97 Å². The Morgan fingerprint density at radius 2 is 0.685 bits per heavy atom. The summed E-state index contributed by atoms with van der Waals surface area (Å²) in [6.45, 7) is 54.1. The Bertz CT molecular complexity index is 5380. The average molecular weight is 1940 g/mol. The van der Waals surface area contributed by atoms with Crippen LogP contribution in [0.4, 0.5) is 0 Å². The second kappa shape index (κ2) is 70.3. The van der Waals surface area contributed by atoms with Crippen molar-refractivity contribution in [2.75, 3.05) is 20.8 Å². The lowest BCUT2D eigenvalue weighted by atomic mass is 9.95. The number of rotatable bonds is 35. The van der Waals surface area contributed by atoms with Gasteiger partial charge in [0.15, 0.2) is 5.78 Å². The van der Waals surface area contributed by atoms with Crippen LogP contribution >= 0.6 is 0 Å². The lowest BCUT2D eigenvalue weighted by molar-refractivity contribution is -0.117. The fourth-order valence-corrected chi connectivity index (χ4v) is 14.9. The number of carbonyl (C=O) groups excluding carboxylic acids is 4. The summed E-state index contributed by atoms with van der Waals surface area (Å²) < 4.78 is 15.4. The zero-order valence-electron chi connectivity index (χ0n) is 91.8. The number of hydrogen-bond donors (Lipinski definition) is 5. The number of nitrogens with one attached hydrogen (secondary N) is 1. The maximum atomic E-state index is 11.3. The normalized spacial score (nSPS) is 10.7. The molecule has 1 heterocycles. The lowest BCUT2D eigenvalue weighted by Gasteiger charge is -2.18. The molecule has 0 radical (unpaired) electrons. The molecule has 0 saturated carbocycles. The number of aryl methyl sites for hydroxylation is 2. The fourth-order valence-electron chi connectivity index (χ4n) is 14.9. The molecule has 772 valence electrons. The molecule has 0 saturated heterocycles. The third-order valence-corrected chi connectivity index (χ3v) is 21.9. The molecule has 12 aromatic rings. The Balaban J connectivity index is 0.000000412. The highest BCUT2D eigenvalue weighted by atomic mass is 16.5. The third kappa shape index (κ3) is 58.7. The van der Waals surface area contributed by atoms with Crippen molar-refractivity contribution < 1.29 is 48.7 Å². The number of aromatic hydroxyl groups is 1. The molecule has 0 aliphatic rings. The molecule has 12 rings (SSSR count). The Morgan fingerprint density at radius 1 is 0.385 bits per heavy atom. The number of benzene rings is 11. The molecule has 0 unspecified atom stereocenters. The van der Waals surface area contributed by atoms with Gasteiger partial charge in [0, 0.05) is 35.1 Å². The molecule has 0 aliphatic heterocycles. The Labute approximate surface area is 862 Å². The van der Waals surface area contributed by atoms with Crippen molar-refractivity contribution in [3.8, 4) is 40.5 Å². The number of esters is 1. The van der Waals surface area contributed by atoms with Crippen LogP contribution < -0.4 is 15.2 Å². The first-order chi connectivity index (χ1) is 67.9. The summed E-state index contributed by atoms with van der Waals surface area (Å²) in [6, 6.07) is 88.6. The number of ketones is 2. The summed E-state index contributed by atoms with van der Waals surface area (Å²) in [5.41, 5.74) is 26.3. The number of aliphatic hydroxyl groups excluding tert-OH is 1. The highest BCUT2D eigenvalue weighted by Gasteiger charge is 2.16. The summed E-state index contributed by atoms with van der Waals surface area (Å²) >= 11 is 0. The van der Waals surface area contributed by atoms with E-state index < -0.39 is 5.60 Å². The number of ether oxygens (including phenoxy) is 3. The first-order valence-corrected chi connectivity index (χ1v) is 51.7. The first-order valence-electron chi connectivity index (χ1n) is 51.7. The summed E-state index contributed by atoms with van der Waals surface area (Å²) in [4.78, 5) is 44.3. The smallest absolute Gasteiger partial charge is 0.337 e. The highest BCUT2D eigenvalue weighted by molar-refractivity contribution is 5.96. The molecule has 15 nitrogen and oxygen atoms in total. The molecular weight excluding hydrogens is 1770 g/mol. The number of aliphatic hydroxyl groups is 2. The Hall–Kier alpha value is -12.4. The number of methoxy groups -OCH3 is 2. The Kier molecular flexibility index (Phi) is 61.4. The standard InChI is InChI=1S/C21H22O3.C14H20O.C13H20O.C13H18O.C13H20.C11H14N4.C11H15NO.2C11H16O.C10H14O/c1-16(2)15-18-8-12-20(13-9-18)24-14-4-5-17-6-10-19(11-7-17)21(22)23-3;1-11(2)10-14-8-6-13(7-9-14)5-4-12(3)15;1-10(2)9-11-5-7-12(8-6-11)13(3,4)14;1-4-13(14)12-7-5-11(6-8-12)9-10(2)3;1-4-5-12-6-8-13(9-7-12)10-11(2)3;1-8(2)7-9-3-5-10(6-4-9)11-12-14-15-13-11;1-8(2)7-9-3-5-10(6-4-9)11(12)13;1-9(2)8-10-4-6-11(12-3)7-5-10;1-9(2)7-10-3-5-11(8-12)6-4-10;1-8(2)7-9-3-5-10(11)6-4-9/h6-13,16H,14-15H2,1-3H3;6-9,11H,4-5,10H2,1-3H3;5-8,10,14H,9H2,1-4H3;5-8,10H,4,9H2,1-3H3;6-9,11H,4-5,10H2,1-3H3;3-6,8H,7H2,1-2H3,(H,12,13,14,15);3-6,8H,7H2,1-2H3,(H2,12,13);4-7,9H,8H2,1-3H3;3-6,9,12H,7-8H2,1-2H3;3-6,8,11H,7H2,1-2H3. The molecule has 0 fully saturated rings. The van der Waals surface area contributed by atoms with Crippen molar-refractivity contribution >= 4 is 23.4 Å². The van der Waals surface area contributed by atoms with Gasteiger partial charge in [0.1, 0.15) is 29.6 Å². The summed E-state index contributed by atoms with van der Waals surface area (Å²) in [6.07, 6.45) is 15.6. The third-order valence-electron chi connectivity index (χ3n) is 21.9. The van der Waals surface area contributed by atoms with Gasteiger partial charge in [0.2, 0.25) is 11.7 Å². The second-order valence-corrected chi connectivity index (χ2v) is 41.6. The summed E-state index contributed by atoms with van der Waals surface area (Å²) in [5, 5.41) is 41.4. The maximum Gasteiger partial charge on any atom is 0.337 e. The van der Waals surface area contributed by atoms with Crippen molar-refractivity contribution in [2.24, 2.45) is 64.9 Å². The predicted octanol–water partition coefficient (Wildman–Crippen LogP) is 29.8. The molecule has 15 heteroatoms. The number of hydrogen-bond acceptors (Lipinski definition) is 13. The van der Waals surface area contributed by atoms with Gasteiger partial charge < -0.3 is 40.1 Å². The molecule has 0 bridgehead atoms. The fraction of sp³-hybridized carbons (Fsp3) is 0.430. The van der Waals surface area contributed by atoms with E-state index in [-0.39, 0.29) is 30.0 Å². The topological polar surface area (TPSA) is 237 Å². The lowest BCUT2D eigenvalue weighted by Crippen LogP contribution is -2.15. The number of phenolic OH excluding ortho intramolecular Hbond substituents is 1. The molecule has 11 aromatic carbocycles. The van der Waals surface area contributed by atoms with Crippen LogP contribution in [0.1, 0.15) is 307 Å². The van der Waals surface area contributed by atoms with E-state index in [1.165, 1.54) is 93.1 Å². The van der Waals surface area contributed by atoms with Gasteiger partial charge in [0.05, 0.1) is 32.0 Å². The number of Topliss-reactive ketones (excluding diaryl/α,β-unsaturated/α-hetero) is 2. The van der Waals surface area contributed by atoms with Crippen LogP contribution in [0.3, 0.4) is 0 Å². The minimum atomic E-state index is -0.726. The number of primary amides is 1. The highest BCUT2D eigenvalue weighted by Crippen LogP contribution is 2.25. The van der Waals surface area contributed by atoms with Crippen LogP contribution in [0.2, 0.25) is 0 Å². The largest absolute Gasteiger partial charge is 0.508 e. The van der Waals surface area contributed by atoms with Crippen molar-refractivity contribution in [3.05, 3.63) is 367 Å². The van der Waals surface area contributed by atoms with Crippen molar-refractivity contribution in [1.82, 2.24) is 20.6 Å². The minimum absolute atomic E-state index is 0.141. The van der Waals surface area contributed by atoms with Gasteiger partial charge in [-0.25, -0.2) is 4.79 Å². The van der Waals surface area contributed by atoms with Gasteiger partial charge in [0.25, 0.3) is 0 Å². The van der Waals surface area contributed by atoms with Gasteiger partial charge in [-0.15, -0.1) is 10.2 Å². The van der Waals surface area contributed by atoms with Crippen molar-refractivity contribution in [2.45, 2.75) is 282 Å². The van der Waals surface area contributed by atoms with Crippen LogP contribution in [0, 0.1) is 71.0 Å². The SMILES string of the molecule is CC(=O)CCc1ccc(CC(C)C)cc1.CC(C)Cc1ccc(-c2nn[nH]n2)cc1.CC(C)Cc1ccc(C(C)(C)O)cc1.CC(C)Cc1ccc(C(N)=O)cc1.CC(C)Cc1ccc(CO)cc1.CC(C)Cc1ccc(O)cc1.CCC(=O)c1ccc(CC(C)C)cc1.CCCc1ccc(CC(C)C)cc1.COC(=O)c1ccc(C#CCOc2ccc(CC(C)C)cc2)cc1.COc1ccc(CC(C)C)cc1. The molecule has 1 amide bonds. The predicted molar refractivity (Wildman–Crippen MR) is 599 cm³/mol. The van der Waals surface area contributed by atoms with Gasteiger partial charge in [-0.3, -0.25) is 9.59 Å². The number of carbonyl (C=O) groups is 4. The number of aromatic nitrogens is 4. The van der Waals surface area contributed by atoms with Crippen LogP contribution in [0.25, 0.3) is 11.4 Å². The molecule has 0 spiro atoms. The summed E-state index contributed by atoms with van der Waals surface area (Å²) in [7, 11) is 3.06. The number of aromatic amines is 1. The average Bonchev–Trinajstić information content (AvgIpc) is 1.77. The molecule has 1 aromatic heterocycles. The van der Waals surface area contributed by atoms with E-state index in [4.69, 9.17) is 25.4 Å². The van der Waals surface area contributed by atoms with E-state index in [9.17, 15) is 24.3 Å². The summed E-state index contributed by atoms with van der Waals surface area (Å²) in [5.74, 6) is 15.4. The maximum absolute atomic E-state index is 11.3. The number of phenols is 1. The first kappa shape index (κ1) is 125. The van der Waals surface area contributed by atoms with Gasteiger partial charge in [-0.2, -0.15) is 5.21 Å². The second-order valence-electron chi connectivity index (χ2n) is 41.6. The van der Waals surface area contributed by atoms with Crippen molar-refractivity contribution in [3.63, 3.8) is 0 Å². The molecule has 0 atom stereocenters. The molecule has 0 aliphatic carbocycles.